The highest BCUT2D eigenvalue weighted by Crippen LogP contribution is 2.35. The zero-order valence-electron chi connectivity index (χ0n) is 15.6. The van der Waals surface area contributed by atoms with Gasteiger partial charge in [0.25, 0.3) is 0 Å². The molecule has 1 spiro atoms. The number of hydrogen-bond acceptors (Lipinski definition) is 5. The average Bonchev–Trinajstić information content (AvgIpc) is 2.66. The number of carbonyl (C=O) groups excluding carboxylic acids is 1. The third kappa shape index (κ3) is 4.11. The first-order chi connectivity index (χ1) is 13.1. The molecule has 0 bridgehead atoms. The van der Waals surface area contributed by atoms with Crippen molar-refractivity contribution in [3.63, 3.8) is 0 Å². The Morgan fingerprint density at radius 1 is 1.33 bits per heavy atom. The minimum atomic E-state index is -0.260. The van der Waals surface area contributed by atoms with Crippen LogP contribution in [-0.2, 0) is 16.0 Å². The number of nitrogens with zero attached hydrogens (tertiary/aromatic N) is 3. The summed E-state index contributed by atoms with van der Waals surface area (Å²) in [6, 6.07) is 8.24. The van der Waals surface area contributed by atoms with Gasteiger partial charge >= 0.3 is 0 Å². The number of benzene rings is 1. The Kier molecular flexibility index (Phi) is 5.07. The molecule has 0 N–H and O–H groups in total. The summed E-state index contributed by atoms with van der Waals surface area (Å²) >= 11 is 0. The molecule has 27 heavy (non-hydrogen) atoms. The first-order valence-electron chi connectivity index (χ1n) is 9.52. The van der Waals surface area contributed by atoms with Gasteiger partial charge in [0, 0.05) is 31.7 Å². The number of likely N-dealkylation sites (tertiary alicyclic amines) is 1. The van der Waals surface area contributed by atoms with E-state index in [1.807, 2.05) is 17.0 Å². The van der Waals surface area contributed by atoms with Gasteiger partial charge in [-0.25, -0.2) is 4.98 Å². The molecule has 6 heteroatoms. The molecule has 1 amide bonds. The van der Waals surface area contributed by atoms with Crippen LogP contribution in [0.1, 0.15) is 30.4 Å². The zero-order valence-corrected chi connectivity index (χ0v) is 15.6. The molecule has 4 rings (SSSR count). The second-order valence-electron chi connectivity index (χ2n) is 7.48. The molecule has 2 saturated heterocycles. The maximum atomic E-state index is 12.5. The lowest BCUT2D eigenvalue weighted by Gasteiger charge is -2.52. The van der Waals surface area contributed by atoms with Crippen LogP contribution < -0.4 is 4.74 Å². The quantitative estimate of drug-likeness (QED) is 0.813. The van der Waals surface area contributed by atoms with Crippen LogP contribution in [0.3, 0.4) is 0 Å². The van der Waals surface area contributed by atoms with Gasteiger partial charge in [-0.15, -0.1) is 0 Å². The number of hydrogen-bond donors (Lipinski definition) is 0. The molecule has 0 radical (unpaired) electrons. The Morgan fingerprint density at radius 2 is 2.19 bits per heavy atom. The maximum absolute atomic E-state index is 12.5. The lowest BCUT2D eigenvalue weighted by atomic mass is 9.84. The molecule has 0 aliphatic carbocycles. The summed E-state index contributed by atoms with van der Waals surface area (Å²) in [4.78, 5) is 22.6. The number of amides is 1. The van der Waals surface area contributed by atoms with Crippen LogP contribution in [0.5, 0.6) is 5.88 Å². The Morgan fingerprint density at radius 3 is 2.96 bits per heavy atom. The average molecular weight is 367 g/mol. The first-order valence-corrected chi connectivity index (χ1v) is 9.52. The molecule has 1 aromatic carbocycles. The minimum absolute atomic E-state index is 0.0553. The summed E-state index contributed by atoms with van der Waals surface area (Å²) in [6.07, 6.45) is 7.89. The van der Waals surface area contributed by atoms with E-state index in [0.717, 1.165) is 19.3 Å². The summed E-state index contributed by atoms with van der Waals surface area (Å²) in [7, 11) is 0. The van der Waals surface area contributed by atoms with E-state index >= 15 is 0 Å². The molecule has 2 aromatic rings. The molecule has 2 fully saturated rings. The van der Waals surface area contributed by atoms with Crippen molar-refractivity contribution in [2.45, 2.75) is 44.3 Å². The van der Waals surface area contributed by atoms with E-state index < -0.39 is 0 Å². The largest absolute Gasteiger partial charge is 0.473 e. The minimum Gasteiger partial charge on any atom is -0.473 e. The summed E-state index contributed by atoms with van der Waals surface area (Å²) in [5.41, 5.74) is 2.22. The van der Waals surface area contributed by atoms with E-state index in [2.05, 4.69) is 29.0 Å². The maximum Gasteiger partial charge on any atom is 0.232 e. The third-order valence-corrected chi connectivity index (χ3v) is 5.45. The predicted molar refractivity (Wildman–Crippen MR) is 100 cm³/mol. The van der Waals surface area contributed by atoms with Crippen molar-refractivity contribution >= 4 is 5.91 Å². The van der Waals surface area contributed by atoms with E-state index in [0.29, 0.717) is 32.0 Å². The fourth-order valence-electron chi connectivity index (χ4n) is 3.94. The number of ether oxygens (including phenoxy) is 2. The SMILES string of the molecule is Cc1ccccc1CCC(=O)N1CC2(CC(Oc3cnccn3)CCO2)C1. The topological polar surface area (TPSA) is 64.6 Å². The van der Waals surface area contributed by atoms with E-state index in [1.165, 1.54) is 11.1 Å². The van der Waals surface area contributed by atoms with Gasteiger partial charge < -0.3 is 14.4 Å². The van der Waals surface area contributed by atoms with Crippen LogP contribution in [0.4, 0.5) is 0 Å². The lowest BCUT2D eigenvalue weighted by Crippen LogP contribution is -2.67. The highest BCUT2D eigenvalue weighted by atomic mass is 16.5. The first kappa shape index (κ1) is 17.9. The fourth-order valence-corrected chi connectivity index (χ4v) is 3.94. The fraction of sp³-hybridized carbons (Fsp3) is 0.476. The normalized spacial score (nSPS) is 20.9. The van der Waals surface area contributed by atoms with Crippen molar-refractivity contribution in [3.8, 4) is 5.88 Å². The van der Waals surface area contributed by atoms with Crippen LogP contribution in [0, 0.1) is 6.92 Å². The van der Waals surface area contributed by atoms with Crippen molar-refractivity contribution in [2.75, 3.05) is 19.7 Å². The predicted octanol–water partition coefficient (Wildman–Crippen LogP) is 2.56. The molecular formula is C21H25N3O3. The van der Waals surface area contributed by atoms with Gasteiger partial charge in [-0.05, 0) is 24.5 Å². The van der Waals surface area contributed by atoms with E-state index in [9.17, 15) is 4.79 Å². The standard InChI is InChI=1S/C21H25N3O3/c1-16-4-2-3-5-17(16)6-7-20(25)24-14-21(15-24)12-18(8-11-26-21)27-19-13-22-9-10-23-19/h2-5,9-10,13,18H,6-8,11-12,14-15H2,1H3. The number of rotatable bonds is 5. The highest BCUT2D eigenvalue weighted by molar-refractivity contribution is 5.77. The van der Waals surface area contributed by atoms with Crippen LogP contribution in [0.25, 0.3) is 0 Å². The number of aromatic nitrogens is 2. The van der Waals surface area contributed by atoms with Gasteiger partial charge in [0.05, 0.1) is 25.9 Å². The zero-order chi connectivity index (χ0) is 18.7. The Hall–Kier alpha value is -2.47. The van der Waals surface area contributed by atoms with Crippen LogP contribution >= 0.6 is 0 Å². The second kappa shape index (κ2) is 7.64. The number of aryl methyl sites for hydroxylation is 2. The van der Waals surface area contributed by atoms with Crippen molar-refractivity contribution in [2.24, 2.45) is 0 Å². The van der Waals surface area contributed by atoms with Gasteiger partial charge in [-0.1, -0.05) is 24.3 Å². The molecule has 2 aliphatic rings. The van der Waals surface area contributed by atoms with Crippen LogP contribution in [-0.4, -0.2) is 52.2 Å². The molecule has 6 nitrogen and oxygen atoms in total. The monoisotopic (exact) mass is 367 g/mol. The Balaban J connectivity index is 1.27. The van der Waals surface area contributed by atoms with Crippen LogP contribution in [0.15, 0.2) is 42.9 Å². The molecule has 142 valence electrons. The molecule has 2 aliphatic heterocycles. The van der Waals surface area contributed by atoms with Crippen LogP contribution in [0.2, 0.25) is 0 Å². The summed E-state index contributed by atoms with van der Waals surface area (Å²) < 4.78 is 12.0. The van der Waals surface area contributed by atoms with Gasteiger partial charge in [-0.2, -0.15) is 0 Å². The van der Waals surface area contributed by atoms with E-state index in [-0.39, 0.29) is 17.6 Å². The Bertz CT molecular complexity index is 790. The smallest absolute Gasteiger partial charge is 0.232 e. The van der Waals surface area contributed by atoms with Crippen molar-refractivity contribution in [1.82, 2.24) is 14.9 Å². The molecule has 1 atom stereocenters. The van der Waals surface area contributed by atoms with E-state index in [4.69, 9.17) is 9.47 Å². The summed E-state index contributed by atoms with van der Waals surface area (Å²) in [6.45, 7) is 4.04. The second-order valence-corrected chi connectivity index (χ2v) is 7.48. The third-order valence-electron chi connectivity index (χ3n) is 5.45. The van der Waals surface area contributed by atoms with E-state index in [1.54, 1.807) is 18.6 Å². The van der Waals surface area contributed by atoms with Gasteiger partial charge in [0.1, 0.15) is 11.7 Å². The van der Waals surface area contributed by atoms with Gasteiger partial charge in [0.2, 0.25) is 11.8 Å². The van der Waals surface area contributed by atoms with Crippen molar-refractivity contribution in [1.29, 1.82) is 0 Å². The lowest BCUT2D eigenvalue weighted by molar-refractivity contribution is -0.193. The molecular weight excluding hydrogens is 342 g/mol. The molecule has 0 saturated carbocycles. The Labute approximate surface area is 159 Å². The van der Waals surface area contributed by atoms with Crippen molar-refractivity contribution < 1.29 is 14.3 Å². The number of carbonyl (C=O) groups is 1. The molecule has 3 heterocycles. The summed E-state index contributed by atoms with van der Waals surface area (Å²) in [5, 5.41) is 0. The van der Waals surface area contributed by atoms with Gasteiger partial charge in [-0.3, -0.25) is 9.78 Å². The molecule has 1 unspecified atom stereocenters. The summed E-state index contributed by atoms with van der Waals surface area (Å²) in [5.74, 6) is 0.745. The van der Waals surface area contributed by atoms with Crippen molar-refractivity contribution in [3.05, 3.63) is 54.0 Å². The molecule has 1 aromatic heterocycles. The highest BCUT2D eigenvalue weighted by Gasteiger charge is 2.49. The van der Waals surface area contributed by atoms with Gasteiger partial charge in [0.15, 0.2) is 0 Å².